The summed E-state index contributed by atoms with van der Waals surface area (Å²) in [5.41, 5.74) is 2.85. The van der Waals surface area contributed by atoms with Crippen molar-refractivity contribution in [1.29, 1.82) is 0 Å². The van der Waals surface area contributed by atoms with Crippen molar-refractivity contribution in [2.24, 2.45) is 0 Å². The highest BCUT2D eigenvalue weighted by atomic mass is 35.5. The van der Waals surface area contributed by atoms with Gasteiger partial charge in [0.2, 0.25) is 5.91 Å². The zero-order chi connectivity index (χ0) is 19.7. The Bertz CT molecular complexity index is 874. The summed E-state index contributed by atoms with van der Waals surface area (Å²) in [6.07, 6.45) is 4.23. The first-order chi connectivity index (χ1) is 13.5. The van der Waals surface area contributed by atoms with Crippen LogP contribution in [0.1, 0.15) is 48.4 Å². The maximum absolute atomic E-state index is 13.5. The molecule has 4 rings (SSSR count). The van der Waals surface area contributed by atoms with Gasteiger partial charge in [0.15, 0.2) is 0 Å². The zero-order valence-corrected chi connectivity index (χ0v) is 16.9. The largest absolute Gasteiger partial charge is 0.328 e. The Kier molecular flexibility index (Phi) is 5.40. The summed E-state index contributed by atoms with van der Waals surface area (Å²) >= 11 is 6.34. The molecule has 0 aromatic heterocycles. The minimum absolute atomic E-state index is 0.0167. The summed E-state index contributed by atoms with van der Waals surface area (Å²) in [5, 5.41) is 0.614. The minimum Gasteiger partial charge on any atom is -0.328 e. The third-order valence-electron chi connectivity index (χ3n) is 5.91. The Morgan fingerprint density at radius 3 is 2.36 bits per heavy atom. The standard InChI is InChI=1S/C23H25ClN2O2/c1-16-10-12-17(13-11-16)22-23(28)25(19-7-3-4-8-19)15-21(27)26(22)14-18-6-2-5-9-20(18)24/h2,5-6,9-13,19,22H,3-4,7-8,14-15H2,1H3/t22-/m1/s1. The molecule has 1 aliphatic carbocycles. The van der Waals surface area contributed by atoms with E-state index in [1.165, 1.54) is 0 Å². The van der Waals surface area contributed by atoms with Gasteiger partial charge in [-0.1, -0.05) is 72.5 Å². The van der Waals surface area contributed by atoms with Gasteiger partial charge in [-0.05, 0) is 37.0 Å². The van der Waals surface area contributed by atoms with Gasteiger partial charge in [-0.25, -0.2) is 0 Å². The highest BCUT2D eigenvalue weighted by molar-refractivity contribution is 6.31. The number of carbonyl (C=O) groups excluding carboxylic acids is 2. The van der Waals surface area contributed by atoms with Crippen molar-refractivity contribution in [3.63, 3.8) is 0 Å². The van der Waals surface area contributed by atoms with Gasteiger partial charge in [0.05, 0.1) is 0 Å². The third kappa shape index (κ3) is 3.66. The van der Waals surface area contributed by atoms with Crippen LogP contribution in [0.25, 0.3) is 0 Å². The minimum atomic E-state index is -0.598. The Morgan fingerprint density at radius 1 is 1.00 bits per heavy atom. The molecule has 1 saturated carbocycles. The molecule has 0 spiro atoms. The van der Waals surface area contributed by atoms with Gasteiger partial charge in [-0.15, -0.1) is 0 Å². The van der Waals surface area contributed by atoms with Crippen molar-refractivity contribution >= 4 is 23.4 Å². The number of piperazine rings is 1. The topological polar surface area (TPSA) is 40.6 Å². The van der Waals surface area contributed by atoms with Crippen molar-refractivity contribution in [2.45, 2.75) is 51.2 Å². The molecule has 2 aliphatic rings. The highest BCUT2D eigenvalue weighted by Crippen LogP contribution is 2.34. The first-order valence-corrected chi connectivity index (χ1v) is 10.3. The van der Waals surface area contributed by atoms with E-state index >= 15 is 0 Å². The van der Waals surface area contributed by atoms with E-state index in [9.17, 15) is 9.59 Å². The van der Waals surface area contributed by atoms with E-state index < -0.39 is 6.04 Å². The number of rotatable bonds is 4. The van der Waals surface area contributed by atoms with Crippen LogP contribution >= 0.6 is 11.6 Å². The summed E-state index contributed by atoms with van der Waals surface area (Å²) < 4.78 is 0. The number of amides is 2. The Labute approximate surface area is 171 Å². The first-order valence-electron chi connectivity index (χ1n) is 9.94. The number of carbonyl (C=O) groups is 2. The number of hydrogen-bond acceptors (Lipinski definition) is 2. The number of aryl methyl sites for hydroxylation is 1. The van der Waals surface area contributed by atoms with E-state index in [2.05, 4.69) is 0 Å². The van der Waals surface area contributed by atoms with Crippen LogP contribution in [-0.4, -0.2) is 34.2 Å². The average molecular weight is 397 g/mol. The number of benzene rings is 2. The monoisotopic (exact) mass is 396 g/mol. The van der Waals surface area contributed by atoms with E-state index in [0.717, 1.165) is 42.4 Å². The van der Waals surface area contributed by atoms with Gasteiger partial charge in [-0.3, -0.25) is 9.59 Å². The molecule has 0 unspecified atom stereocenters. The number of halogens is 1. The molecule has 1 saturated heterocycles. The van der Waals surface area contributed by atoms with Crippen molar-refractivity contribution in [2.75, 3.05) is 6.54 Å². The van der Waals surface area contributed by atoms with Crippen LogP contribution in [0.2, 0.25) is 5.02 Å². The molecule has 5 heteroatoms. The zero-order valence-electron chi connectivity index (χ0n) is 16.1. The quantitative estimate of drug-likeness (QED) is 0.763. The molecule has 2 fully saturated rings. The lowest BCUT2D eigenvalue weighted by molar-refractivity contribution is -0.159. The van der Waals surface area contributed by atoms with Gasteiger partial charge in [0.1, 0.15) is 12.6 Å². The lowest BCUT2D eigenvalue weighted by Gasteiger charge is -2.43. The van der Waals surface area contributed by atoms with Gasteiger partial charge in [-0.2, -0.15) is 0 Å². The lowest BCUT2D eigenvalue weighted by Crippen LogP contribution is -2.57. The molecule has 0 N–H and O–H groups in total. The second kappa shape index (κ2) is 7.96. The van der Waals surface area contributed by atoms with E-state index in [-0.39, 0.29) is 24.4 Å². The average Bonchev–Trinajstić information content (AvgIpc) is 3.22. The Balaban J connectivity index is 1.70. The fraction of sp³-hybridized carbons (Fsp3) is 0.391. The molecule has 0 radical (unpaired) electrons. The SMILES string of the molecule is Cc1ccc([C@@H]2C(=O)N(C3CCCC3)CC(=O)N2Cc2ccccc2Cl)cc1. The number of hydrogen-bond donors (Lipinski definition) is 0. The van der Waals surface area contributed by atoms with Crippen molar-refractivity contribution in [3.05, 3.63) is 70.2 Å². The van der Waals surface area contributed by atoms with Crippen LogP contribution in [0.5, 0.6) is 0 Å². The molecular formula is C23H25ClN2O2. The van der Waals surface area contributed by atoms with E-state index in [0.29, 0.717) is 11.6 Å². The molecular weight excluding hydrogens is 372 g/mol. The molecule has 28 heavy (non-hydrogen) atoms. The molecule has 2 aromatic carbocycles. The van der Waals surface area contributed by atoms with Crippen LogP contribution in [0, 0.1) is 6.92 Å². The first kappa shape index (κ1) is 19.0. The van der Waals surface area contributed by atoms with E-state index in [4.69, 9.17) is 11.6 Å². The van der Waals surface area contributed by atoms with Crippen molar-refractivity contribution < 1.29 is 9.59 Å². The summed E-state index contributed by atoms with van der Waals surface area (Å²) in [7, 11) is 0. The lowest BCUT2D eigenvalue weighted by atomic mass is 9.97. The summed E-state index contributed by atoms with van der Waals surface area (Å²) in [6.45, 7) is 2.52. The van der Waals surface area contributed by atoms with Crippen LogP contribution < -0.4 is 0 Å². The van der Waals surface area contributed by atoms with Crippen LogP contribution in [0.15, 0.2) is 48.5 Å². The molecule has 146 valence electrons. The molecule has 1 heterocycles. The molecule has 1 aliphatic heterocycles. The molecule has 1 atom stereocenters. The van der Waals surface area contributed by atoms with Crippen LogP contribution in [0.3, 0.4) is 0 Å². The predicted octanol–water partition coefficient (Wildman–Crippen LogP) is 4.50. The molecule has 2 aromatic rings. The van der Waals surface area contributed by atoms with Crippen molar-refractivity contribution in [3.8, 4) is 0 Å². The van der Waals surface area contributed by atoms with Crippen molar-refractivity contribution in [1.82, 2.24) is 9.80 Å². The van der Waals surface area contributed by atoms with E-state index in [1.54, 1.807) is 4.90 Å². The van der Waals surface area contributed by atoms with Gasteiger partial charge in [0, 0.05) is 17.6 Å². The Morgan fingerprint density at radius 2 is 1.68 bits per heavy atom. The normalized spacial score (nSPS) is 20.9. The van der Waals surface area contributed by atoms with Crippen LogP contribution in [0.4, 0.5) is 0 Å². The molecule has 2 amide bonds. The summed E-state index contributed by atoms with van der Waals surface area (Å²) in [5.74, 6) is 0.0133. The van der Waals surface area contributed by atoms with Crippen LogP contribution in [-0.2, 0) is 16.1 Å². The summed E-state index contributed by atoms with van der Waals surface area (Å²) in [6, 6.07) is 15.0. The van der Waals surface area contributed by atoms with Gasteiger partial charge in [0.25, 0.3) is 5.91 Å². The molecule has 4 nitrogen and oxygen atoms in total. The van der Waals surface area contributed by atoms with Gasteiger partial charge >= 0.3 is 0 Å². The number of nitrogens with zero attached hydrogens (tertiary/aromatic N) is 2. The maximum atomic E-state index is 13.5. The molecule has 0 bridgehead atoms. The summed E-state index contributed by atoms with van der Waals surface area (Å²) in [4.78, 5) is 30.2. The predicted molar refractivity (Wildman–Crippen MR) is 110 cm³/mol. The second-order valence-electron chi connectivity index (χ2n) is 7.83. The van der Waals surface area contributed by atoms with E-state index in [1.807, 2.05) is 60.4 Å². The second-order valence-corrected chi connectivity index (χ2v) is 8.24. The highest BCUT2D eigenvalue weighted by Gasteiger charge is 2.43. The Hall–Kier alpha value is -2.33. The fourth-order valence-electron chi connectivity index (χ4n) is 4.33. The maximum Gasteiger partial charge on any atom is 0.250 e. The van der Waals surface area contributed by atoms with Gasteiger partial charge < -0.3 is 9.80 Å². The smallest absolute Gasteiger partial charge is 0.250 e. The fourth-order valence-corrected chi connectivity index (χ4v) is 4.53. The third-order valence-corrected chi connectivity index (χ3v) is 6.28.